The summed E-state index contributed by atoms with van der Waals surface area (Å²) in [5, 5.41) is 6.58. The van der Waals surface area contributed by atoms with Crippen molar-refractivity contribution in [1.82, 2.24) is 25.4 Å². The number of carbonyl (C=O) groups excluding carboxylic acids is 2. The van der Waals surface area contributed by atoms with E-state index in [1.54, 1.807) is 13.0 Å². The minimum Gasteiger partial charge on any atom is -0.454 e. The minimum absolute atomic E-state index is 0.0713. The molecule has 9 nitrogen and oxygen atoms in total. The monoisotopic (exact) mass is 605 g/mol. The third kappa shape index (κ3) is 7.77. The second kappa shape index (κ2) is 14.1. The van der Waals surface area contributed by atoms with Crippen LogP contribution in [-0.2, 0) is 13.1 Å². The molecule has 0 bridgehead atoms. The normalized spacial score (nSPS) is 15.6. The molecule has 0 saturated carbocycles. The van der Waals surface area contributed by atoms with Crippen LogP contribution in [0.2, 0.25) is 5.15 Å². The molecule has 1 atom stereocenters. The second-order valence-electron chi connectivity index (χ2n) is 11.3. The standard InChI is InChI=1S/C33H40ClN5O4/c1-22-17-30(34)37-24(3)31(22)32(40)35-14-11-23(2)38-15-12-27(13-16-38)39(20-25-7-5-4-6-8-25)33(41)36-19-26-9-10-28-29(18-26)43-21-42-28/h4-10,17-18,23,27H,11-16,19-21H2,1-3H3,(H,35,40)(H,36,41)/t23-/m1/s1. The van der Waals surface area contributed by atoms with Crippen molar-refractivity contribution in [2.24, 2.45) is 0 Å². The highest BCUT2D eigenvalue weighted by atomic mass is 35.5. The molecule has 1 aromatic heterocycles. The molecule has 2 N–H and O–H groups in total. The molecule has 228 valence electrons. The number of pyridine rings is 1. The number of likely N-dealkylation sites (tertiary alicyclic amines) is 1. The predicted molar refractivity (Wildman–Crippen MR) is 167 cm³/mol. The van der Waals surface area contributed by atoms with Crippen LogP contribution in [0.25, 0.3) is 0 Å². The van der Waals surface area contributed by atoms with E-state index in [0.29, 0.717) is 47.8 Å². The smallest absolute Gasteiger partial charge is 0.318 e. The summed E-state index contributed by atoms with van der Waals surface area (Å²) in [5.74, 6) is 1.32. The quantitative estimate of drug-likeness (QED) is 0.298. The molecule has 0 unspecified atom stereocenters. The number of nitrogens with zero attached hydrogens (tertiary/aromatic N) is 3. The number of amides is 3. The Labute approximate surface area is 258 Å². The van der Waals surface area contributed by atoms with Gasteiger partial charge in [0.2, 0.25) is 6.79 Å². The first kappa shape index (κ1) is 30.6. The van der Waals surface area contributed by atoms with Crippen molar-refractivity contribution in [3.63, 3.8) is 0 Å². The molecule has 3 amide bonds. The number of carbonyl (C=O) groups is 2. The van der Waals surface area contributed by atoms with Gasteiger partial charge in [0.05, 0.1) is 11.3 Å². The lowest BCUT2D eigenvalue weighted by molar-refractivity contribution is 0.0903. The fraction of sp³-hybridized carbons (Fsp3) is 0.424. The summed E-state index contributed by atoms with van der Waals surface area (Å²) in [6.45, 7) is 9.42. The molecule has 5 rings (SSSR count). The highest BCUT2D eigenvalue weighted by Crippen LogP contribution is 2.32. The molecule has 0 radical (unpaired) electrons. The topological polar surface area (TPSA) is 96.0 Å². The van der Waals surface area contributed by atoms with Gasteiger partial charge in [-0.3, -0.25) is 4.79 Å². The summed E-state index contributed by atoms with van der Waals surface area (Å²) in [5.41, 5.74) is 4.12. The van der Waals surface area contributed by atoms with E-state index in [9.17, 15) is 9.59 Å². The first-order valence-corrected chi connectivity index (χ1v) is 15.3. The van der Waals surface area contributed by atoms with Gasteiger partial charge in [0.25, 0.3) is 5.91 Å². The van der Waals surface area contributed by atoms with E-state index in [2.05, 4.69) is 39.6 Å². The van der Waals surface area contributed by atoms with Crippen LogP contribution in [0.1, 0.15) is 58.9 Å². The number of urea groups is 1. The van der Waals surface area contributed by atoms with Crippen molar-refractivity contribution in [2.45, 2.75) is 65.2 Å². The molecule has 1 saturated heterocycles. The number of benzene rings is 2. The zero-order valence-corrected chi connectivity index (χ0v) is 25.8. The Morgan fingerprint density at radius 2 is 1.77 bits per heavy atom. The first-order chi connectivity index (χ1) is 20.8. The largest absolute Gasteiger partial charge is 0.454 e. The number of hydrogen-bond donors (Lipinski definition) is 2. The number of piperidine rings is 1. The maximum atomic E-state index is 13.6. The fourth-order valence-electron chi connectivity index (χ4n) is 5.91. The van der Waals surface area contributed by atoms with Gasteiger partial charge in [-0.2, -0.15) is 0 Å². The highest BCUT2D eigenvalue weighted by molar-refractivity contribution is 6.29. The molecule has 2 aromatic carbocycles. The summed E-state index contributed by atoms with van der Waals surface area (Å²) in [6.07, 6.45) is 2.60. The van der Waals surface area contributed by atoms with Crippen molar-refractivity contribution in [3.8, 4) is 11.5 Å². The molecule has 0 aliphatic carbocycles. The van der Waals surface area contributed by atoms with Gasteiger partial charge < -0.3 is 29.9 Å². The van der Waals surface area contributed by atoms with Gasteiger partial charge in [-0.15, -0.1) is 0 Å². The van der Waals surface area contributed by atoms with Crippen LogP contribution in [0.15, 0.2) is 54.6 Å². The van der Waals surface area contributed by atoms with Gasteiger partial charge >= 0.3 is 6.03 Å². The molecule has 3 aromatic rings. The molecule has 2 aliphatic rings. The van der Waals surface area contributed by atoms with E-state index in [1.807, 2.05) is 48.2 Å². The van der Waals surface area contributed by atoms with Gasteiger partial charge in [-0.1, -0.05) is 48.0 Å². The van der Waals surface area contributed by atoms with E-state index in [4.69, 9.17) is 21.1 Å². The first-order valence-electron chi connectivity index (χ1n) is 14.9. The third-order valence-corrected chi connectivity index (χ3v) is 8.54. The molecular weight excluding hydrogens is 566 g/mol. The van der Waals surface area contributed by atoms with Crippen LogP contribution in [0.5, 0.6) is 11.5 Å². The number of ether oxygens (including phenoxy) is 2. The van der Waals surface area contributed by atoms with Crippen molar-refractivity contribution < 1.29 is 19.1 Å². The van der Waals surface area contributed by atoms with Crippen LogP contribution in [0.3, 0.4) is 0 Å². The number of nitrogens with one attached hydrogen (secondary N) is 2. The zero-order chi connectivity index (χ0) is 30.3. The van der Waals surface area contributed by atoms with Gasteiger partial charge in [0, 0.05) is 44.8 Å². The lowest BCUT2D eigenvalue weighted by atomic mass is 10.00. The van der Waals surface area contributed by atoms with Crippen molar-refractivity contribution in [1.29, 1.82) is 0 Å². The molecule has 3 heterocycles. The van der Waals surface area contributed by atoms with E-state index in [0.717, 1.165) is 54.8 Å². The predicted octanol–water partition coefficient (Wildman–Crippen LogP) is 5.47. The third-order valence-electron chi connectivity index (χ3n) is 8.34. The Balaban J connectivity index is 1.14. The van der Waals surface area contributed by atoms with E-state index in [1.165, 1.54) is 0 Å². The molecule has 43 heavy (non-hydrogen) atoms. The van der Waals surface area contributed by atoms with Crippen molar-refractivity contribution >= 4 is 23.5 Å². The van der Waals surface area contributed by atoms with Crippen LogP contribution < -0.4 is 20.1 Å². The summed E-state index contributed by atoms with van der Waals surface area (Å²) >= 11 is 6.02. The number of hydrogen-bond acceptors (Lipinski definition) is 6. The van der Waals surface area contributed by atoms with Crippen LogP contribution in [0, 0.1) is 13.8 Å². The van der Waals surface area contributed by atoms with Gasteiger partial charge in [0.15, 0.2) is 11.5 Å². The number of fused-ring (bicyclic) bond motifs is 1. The summed E-state index contributed by atoms with van der Waals surface area (Å²) < 4.78 is 10.9. The van der Waals surface area contributed by atoms with Crippen molar-refractivity contribution in [2.75, 3.05) is 26.4 Å². The SMILES string of the molecule is Cc1cc(Cl)nc(C)c1C(=O)NCC[C@@H](C)N1CCC(N(Cc2ccccc2)C(=O)NCc2ccc3c(c2)OCO3)CC1. The van der Waals surface area contributed by atoms with Gasteiger partial charge in [-0.05, 0) is 74.9 Å². The summed E-state index contributed by atoms with van der Waals surface area (Å²) in [7, 11) is 0. The Kier molecular flexibility index (Phi) is 10.0. The van der Waals surface area contributed by atoms with E-state index >= 15 is 0 Å². The Morgan fingerprint density at radius 3 is 2.51 bits per heavy atom. The highest BCUT2D eigenvalue weighted by Gasteiger charge is 2.30. The number of halogens is 1. The van der Waals surface area contributed by atoms with Gasteiger partial charge in [-0.25, -0.2) is 9.78 Å². The fourth-order valence-corrected chi connectivity index (χ4v) is 6.20. The average Bonchev–Trinajstić information content (AvgIpc) is 3.47. The Bertz CT molecular complexity index is 1410. The Hall–Kier alpha value is -3.82. The summed E-state index contributed by atoms with van der Waals surface area (Å²) in [6, 6.07) is 18.0. The summed E-state index contributed by atoms with van der Waals surface area (Å²) in [4.78, 5) is 35.0. The van der Waals surface area contributed by atoms with Crippen LogP contribution >= 0.6 is 11.6 Å². The van der Waals surface area contributed by atoms with Crippen LogP contribution in [0.4, 0.5) is 4.79 Å². The van der Waals surface area contributed by atoms with Crippen molar-refractivity contribution in [3.05, 3.63) is 87.7 Å². The molecular formula is C33H40ClN5O4. The number of aromatic nitrogens is 1. The average molecular weight is 606 g/mol. The Morgan fingerprint density at radius 1 is 1.02 bits per heavy atom. The van der Waals surface area contributed by atoms with E-state index in [-0.39, 0.29) is 24.8 Å². The number of aryl methyl sites for hydroxylation is 2. The zero-order valence-electron chi connectivity index (χ0n) is 25.1. The molecule has 1 fully saturated rings. The maximum absolute atomic E-state index is 13.6. The molecule has 10 heteroatoms. The van der Waals surface area contributed by atoms with E-state index < -0.39 is 0 Å². The number of rotatable bonds is 10. The molecule has 2 aliphatic heterocycles. The maximum Gasteiger partial charge on any atom is 0.318 e. The minimum atomic E-state index is -0.117. The molecule has 0 spiro atoms. The van der Waals surface area contributed by atoms with Gasteiger partial charge in [0.1, 0.15) is 5.15 Å². The van der Waals surface area contributed by atoms with Crippen LogP contribution in [-0.4, -0.2) is 65.2 Å². The lowest BCUT2D eigenvalue weighted by Crippen LogP contribution is -2.51. The second-order valence-corrected chi connectivity index (χ2v) is 11.7. The lowest BCUT2D eigenvalue weighted by Gasteiger charge is -2.41.